The summed E-state index contributed by atoms with van der Waals surface area (Å²) in [7, 11) is 7.01. The Hall–Kier alpha value is -7.41. The van der Waals surface area contributed by atoms with Gasteiger partial charge in [-0.1, -0.05) is 11.6 Å². The first-order valence-corrected chi connectivity index (χ1v) is 21.2. The fraction of sp³-hybridized carbons (Fsp3) is 0.250. The fourth-order valence-corrected chi connectivity index (χ4v) is 7.93. The molecule has 0 amide bonds. The van der Waals surface area contributed by atoms with Crippen LogP contribution in [-0.4, -0.2) is 83.1 Å². The van der Waals surface area contributed by atoms with Gasteiger partial charge in [0.05, 0.1) is 58.8 Å². The quantitative estimate of drug-likeness (QED) is 0.111. The van der Waals surface area contributed by atoms with Crippen molar-refractivity contribution in [3.05, 3.63) is 139 Å². The summed E-state index contributed by atoms with van der Waals surface area (Å²) in [4.78, 5) is 83.7. The predicted molar refractivity (Wildman–Crippen MR) is 255 cm³/mol. The van der Waals surface area contributed by atoms with Crippen LogP contribution in [0.2, 0.25) is 5.15 Å². The van der Waals surface area contributed by atoms with E-state index in [0.717, 1.165) is 10.8 Å². The number of ether oxygens (including phenoxy) is 2. The molecule has 0 atom stereocenters. The average Bonchev–Trinajstić information content (AvgIpc) is 3.55. The minimum atomic E-state index is -0.618. The molecule has 9 heterocycles. The van der Waals surface area contributed by atoms with Gasteiger partial charge in [-0.25, -0.2) is 24.5 Å². The number of rotatable bonds is 6. The highest BCUT2D eigenvalue weighted by atomic mass is 35.5. The highest BCUT2D eigenvalue weighted by Crippen LogP contribution is 2.37. The highest BCUT2D eigenvalue weighted by molar-refractivity contribution is 6.65. The van der Waals surface area contributed by atoms with Crippen molar-refractivity contribution in [1.82, 2.24) is 38.6 Å². The van der Waals surface area contributed by atoms with Gasteiger partial charge >= 0.3 is 19.1 Å². The maximum absolute atomic E-state index is 13.1. The first-order valence-electron chi connectivity index (χ1n) is 20.8. The summed E-state index contributed by atoms with van der Waals surface area (Å²) in [5.74, 6) is -1.06. The largest absolute Gasteiger partial charge is 0.497 e. The molecule has 8 aromatic rings. The number of pyridine rings is 8. The Morgan fingerprint density at radius 1 is 0.642 bits per heavy atom. The van der Waals surface area contributed by atoms with Gasteiger partial charge in [0, 0.05) is 102 Å². The van der Waals surface area contributed by atoms with Crippen LogP contribution in [0.25, 0.3) is 66.2 Å². The Balaban J connectivity index is 0.000000184. The van der Waals surface area contributed by atoms with Gasteiger partial charge in [0.1, 0.15) is 16.5 Å². The summed E-state index contributed by atoms with van der Waals surface area (Å²) in [5.41, 5.74) is 4.39. The summed E-state index contributed by atoms with van der Waals surface area (Å²) < 4.78 is 26.3. The van der Waals surface area contributed by atoms with E-state index in [1.54, 1.807) is 95.3 Å². The molecular formula is C48H44BClN8O9. The molecule has 340 valence electrons. The van der Waals surface area contributed by atoms with Crippen LogP contribution in [0.5, 0.6) is 0 Å². The molecule has 1 fully saturated rings. The third kappa shape index (κ3) is 8.39. The molecule has 1 aliphatic heterocycles. The van der Waals surface area contributed by atoms with E-state index in [4.69, 9.17) is 20.9 Å². The summed E-state index contributed by atoms with van der Waals surface area (Å²) >= 11 is 6.36. The summed E-state index contributed by atoms with van der Waals surface area (Å²) in [5, 5.41) is 3.13. The number of aromatic nitrogens is 8. The van der Waals surface area contributed by atoms with Crippen LogP contribution in [0.3, 0.4) is 0 Å². The number of esters is 2. The van der Waals surface area contributed by atoms with E-state index in [1.165, 1.54) is 46.4 Å². The molecule has 0 aromatic carbocycles. The number of hydrogen-bond acceptors (Lipinski definition) is 14. The Kier molecular flexibility index (Phi) is 12.0. The van der Waals surface area contributed by atoms with Crippen molar-refractivity contribution in [3.63, 3.8) is 0 Å². The molecule has 1 aliphatic rings. The zero-order chi connectivity index (χ0) is 48.3. The maximum Gasteiger partial charge on any atom is 0.497 e. The van der Waals surface area contributed by atoms with E-state index in [1.807, 2.05) is 27.7 Å². The molecule has 0 unspecified atom stereocenters. The van der Waals surface area contributed by atoms with Crippen molar-refractivity contribution in [2.75, 3.05) is 14.2 Å². The van der Waals surface area contributed by atoms with Crippen molar-refractivity contribution in [2.45, 2.75) is 45.8 Å². The molecule has 0 N–H and O–H groups in total. The van der Waals surface area contributed by atoms with Crippen molar-refractivity contribution in [1.29, 1.82) is 0 Å². The van der Waals surface area contributed by atoms with Crippen LogP contribution < -0.4 is 22.1 Å². The van der Waals surface area contributed by atoms with Crippen LogP contribution in [-0.2, 0) is 39.9 Å². The van der Waals surface area contributed by atoms with Crippen molar-refractivity contribution >= 4 is 68.6 Å². The number of carbonyl (C=O) groups excluding carboxylic acids is 2. The molecule has 0 radical (unpaired) electrons. The van der Waals surface area contributed by atoms with Crippen molar-refractivity contribution in [3.8, 4) is 33.8 Å². The number of nitrogens with zero attached hydrogens (tertiary/aromatic N) is 8. The zero-order valence-electron chi connectivity index (χ0n) is 38.3. The smallest absolute Gasteiger partial charge is 0.464 e. The topological polar surface area (TPSA) is 202 Å². The SMILES string of the molecule is COC(=O)c1ccc(-c2cc3c(=O)n(C)cc(-c4nc(Cl)cc5c4cc(C)c(=O)n5C)c3cn2)cn1.COC(=O)c1ccc(-c2cc3c(=O)n(C)cc(B4OC(C)(C)C(C)(C)O4)c3cn2)cn1. The summed E-state index contributed by atoms with van der Waals surface area (Å²) in [6.07, 6.45) is 9.73. The van der Waals surface area contributed by atoms with Gasteiger partial charge in [0.25, 0.3) is 16.7 Å². The van der Waals surface area contributed by atoms with Gasteiger partial charge in [0.15, 0.2) is 0 Å². The first-order chi connectivity index (χ1) is 31.7. The first kappa shape index (κ1) is 46.1. The number of halogens is 1. The minimum Gasteiger partial charge on any atom is -0.464 e. The second-order valence-corrected chi connectivity index (χ2v) is 17.4. The lowest BCUT2D eigenvalue weighted by atomic mass is 9.77. The number of aryl methyl sites for hydroxylation is 4. The third-order valence-corrected chi connectivity index (χ3v) is 12.4. The second-order valence-electron chi connectivity index (χ2n) is 17.0. The lowest BCUT2D eigenvalue weighted by molar-refractivity contribution is 0.00578. The standard InChI is InChI=1S/C26H20ClN5O4.C22H24BN3O5/c1-13-7-16-21(32(3)24(13)33)9-22(27)30-23(16)18-12-31(2)25(34)15-8-20(29-11-17(15)18)14-5-6-19(28-10-14)26(35)36-4;1-21(2)22(3,4)31-23(30-21)16-12-26(5)19(27)14-9-18(25-11-15(14)16)13-7-8-17(24-10-13)20(28)29-6/h5-12H,1-4H3;7-12H,1-6H3. The Morgan fingerprint density at radius 3 is 1.66 bits per heavy atom. The van der Waals surface area contributed by atoms with E-state index >= 15 is 0 Å². The molecule has 17 nitrogen and oxygen atoms in total. The third-order valence-electron chi connectivity index (χ3n) is 12.2. The minimum absolute atomic E-state index is 0.126. The zero-order valence-corrected chi connectivity index (χ0v) is 39.0. The molecule has 1 saturated heterocycles. The Morgan fingerprint density at radius 2 is 1.15 bits per heavy atom. The van der Waals surface area contributed by atoms with Gasteiger partial charge in [-0.05, 0) is 83.1 Å². The summed E-state index contributed by atoms with van der Waals surface area (Å²) in [6.45, 7) is 9.68. The molecule has 8 aromatic heterocycles. The number of methoxy groups -OCH3 is 2. The van der Waals surface area contributed by atoms with E-state index < -0.39 is 30.3 Å². The van der Waals surface area contributed by atoms with Gasteiger partial charge in [0.2, 0.25) is 0 Å². The molecule has 0 saturated carbocycles. The predicted octanol–water partition coefficient (Wildman–Crippen LogP) is 5.74. The van der Waals surface area contributed by atoms with E-state index in [-0.39, 0.29) is 33.2 Å². The number of fused-ring (bicyclic) bond motifs is 3. The fourth-order valence-electron chi connectivity index (χ4n) is 7.74. The molecule has 0 spiro atoms. The molecule has 0 aliphatic carbocycles. The maximum atomic E-state index is 13.1. The monoisotopic (exact) mass is 922 g/mol. The molecule has 0 bridgehead atoms. The van der Waals surface area contributed by atoms with Crippen LogP contribution in [0, 0.1) is 6.92 Å². The lowest BCUT2D eigenvalue weighted by Gasteiger charge is -2.32. The average molecular weight is 923 g/mol. The Labute approximate surface area is 388 Å². The Bertz CT molecular complexity index is 3500. The summed E-state index contributed by atoms with van der Waals surface area (Å²) in [6, 6.07) is 13.3. The highest BCUT2D eigenvalue weighted by Gasteiger charge is 2.52. The van der Waals surface area contributed by atoms with E-state index in [2.05, 4.69) is 34.4 Å². The van der Waals surface area contributed by atoms with Crippen molar-refractivity contribution in [2.24, 2.45) is 21.1 Å². The normalized spacial score (nSPS) is 14.0. The van der Waals surface area contributed by atoms with Gasteiger partial charge in [-0.3, -0.25) is 24.4 Å². The van der Waals surface area contributed by atoms with Gasteiger partial charge in [-0.15, -0.1) is 0 Å². The molecular weight excluding hydrogens is 879 g/mol. The van der Waals surface area contributed by atoms with Crippen LogP contribution in [0.1, 0.15) is 54.2 Å². The van der Waals surface area contributed by atoms with Crippen molar-refractivity contribution < 1.29 is 28.4 Å². The van der Waals surface area contributed by atoms with E-state index in [0.29, 0.717) is 66.4 Å². The number of hydrogen-bond donors (Lipinski definition) is 0. The van der Waals surface area contributed by atoms with E-state index in [9.17, 15) is 24.0 Å². The molecule has 9 rings (SSSR count). The van der Waals surface area contributed by atoms with Crippen LogP contribution in [0.15, 0.2) is 100 Å². The van der Waals surface area contributed by atoms with Crippen LogP contribution >= 0.6 is 11.6 Å². The lowest BCUT2D eigenvalue weighted by Crippen LogP contribution is -2.41. The van der Waals surface area contributed by atoms with Gasteiger partial charge < -0.3 is 32.5 Å². The second kappa shape index (κ2) is 17.4. The molecule has 67 heavy (non-hydrogen) atoms. The van der Waals surface area contributed by atoms with Gasteiger partial charge in [-0.2, -0.15) is 0 Å². The molecule has 19 heteroatoms. The number of carbonyl (C=O) groups is 2. The van der Waals surface area contributed by atoms with Crippen LogP contribution in [0.4, 0.5) is 0 Å².